The molecule has 0 fully saturated rings. The summed E-state index contributed by atoms with van der Waals surface area (Å²) in [4.78, 5) is 7.08. The van der Waals surface area contributed by atoms with Crippen molar-refractivity contribution >= 4 is 68.6 Å². The van der Waals surface area contributed by atoms with Gasteiger partial charge in [0, 0.05) is 28.7 Å². The van der Waals surface area contributed by atoms with E-state index in [1.807, 2.05) is 18.7 Å². The Labute approximate surface area is 207 Å². The molecule has 4 heterocycles. The van der Waals surface area contributed by atoms with Crippen LogP contribution in [-0.4, -0.2) is 34.7 Å². The van der Waals surface area contributed by atoms with Gasteiger partial charge in [-0.2, -0.15) is 5.10 Å². The first-order valence-corrected chi connectivity index (χ1v) is 15.0. The quantitative estimate of drug-likeness (QED) is 0.217. The van der Waals surface area contributed by atoms with Gasteiger partial charge in [-0.25, -0.2) is 9.67 Å². The first-order chi connectivity index (χ1) is 15.5. The summed E-state index contributed by atoms with van der Waals surface area (Å²) in [5.74, 6) is 3.49. The van der Waals surface area contributed by atoms with Crippen LogP contribution in [0.3, 0.4) is 0 Å². The van der Waals surface area contributed by atoms with E-state index in [1.54, 1.807) is 11.8 Å². The highest BCUT2D eigenvalue weighted by molar-refractivity contribution is 14.2. The monoisotopic (exact) mass is 578 g/mol. The molecule has 0 saturated heterocycles. The molecule has 1 aromatic heterocycles. The predicted octanol–water partition coefficient (Wildman–Crippen LogP) is 5.75. The van der Waals surface area contributed by atoms with Crippen molar-refractivity contribution < 1.29 is 4.74 Å². The average Bonchev–Trinajstić information content (AvgIpc) is 3.10. The van der Waals surface area contributed by atoms with Crippen LogP contribution in [0.5, 0.6) is 5.75 Å². The first kappa shape index (κ1) is 22.3. The number of aliphatic imine (C=N–C) groups is 1. The van der Waals surface area contributed by atoms with Gasteiger partial charge >= 0.3 is 0 Å². The highest BCUT2D eigenvalue weighted by Crippen LogP contribution is 2.43. The normalized spacial score (nSPS) is 21.0. The van der Waals surface area contributed by atoms with Crippen LogP contribution in [0, 0.1) is 0 Å². The molecule has 0 spiro atoms. The van der Waals surface area contributed by atoms with Gasteiger partial charge in [0.1, 0.15) is 5.75 Å². The number of nitrogens with two attached hydrogens (primary N) is 1. The van der Waals surface area contributed by atoms with Crippen molar-refractivity contribution in [3.8, 4) is 5.75 Å². The van der Waals surface area contributed by atoms with Gasteiger partial charge < -0.3 is 10.5 Å². The number of hydrogen-bond donors (Lipinski definition) is 1. The van der Waals surface area contributed by atoms with Crippen LogP contribution in [0.25, 0.3) is 9.81 Å². The zero-order valence-corrected chi connectivity index (χ0v) is 22.1. The van der Waals surface area contributed by atoms with Gasteiger partial charge in [0.2, 0.25) is 0 Å². The molecule has 3 aliphatic rings. The molecule has 1 atom stereocenters. The lowest BCUT2D eigenvalue weighted by Gasteiger charge is -2.21. The molecular formula is C24H27IN4OS2. The number of ether oxygens (including phenoxy) is 1. The van der Waals surface area contributed by atoms with E-state index in [4.69, 9.17) is 15.6 Å². The molecule has 2 N–H and O–H groups in total. The Bertz CT molecular complexity index is 1180. The number of aryl methyl sites for hydroxylation is 2. The van der Waals surface area contributed by atoms with E-state index in [2.05, 4.69) is 47.5 Å². The topological polar surface area (TPSA) is 65.4 Å². The highest BCUT2D eigenvalue weighted by Gasteiger charge is 2.25. The van der Waals surface area contributed by atoms with Crippen molar-refractivity contribution in [3.63, 3.8) is 0 Å². The van der Waals surface area contributed by atoms with E-state index in [1.165, 1.54) is 18.9 Å². The van der Waals surface area contributed by atoms with Crippen molar-refractivity contribution in [1.82, 2.24) is 9.78 Å². The van der Waals surface area contributed by atoms with Crippen molar-refractivity contribution in [2.75, 3.05) is 12.4 Å². The predicted molar refractivity (Wildman–Crippen MR) is 149 cm³/mol. The van der Waals surface area contributed by atoms with Crippen molar-refractivity contribution in [2.24, 2.45) is 10.7 Å². The second-order valence-corrected chi connectivity index (χ2v) is 15.1. The number of halogens is 1. The standard InChI is InChI=1S/C24H27IN4OS2/c1-14-11-21(18-6-7-20-17(12-18)5-4-9-30-20)32-22(25-14)13-29-24(27-16(3)26)23-15(2)31-10-8-19(23)28-29/h6-7,11-12,14H,2,4-5,8-10,13H2,1,3H3,(H2,26,27). The van der Waals surface area contributed by atoms with E-state index >= 15 is 0 Å². The minimum absolute atomic E-state index is 0.0978. The van der Waals surface area contributed by atoms with Crippen LogP contribution in [0.15, 0.2) is 35.8 Å². The van der Waals surface area contributed by atoms with Crippen LogP contribution in [0.2, 0.25) is 0 Å². The van der Waals surface area contributed by atoms with E-state index in [0.717, 1.165) is 65.9 Å². The van der Waals surface area contributed by atoms with E-state index in [-0.39, 0.29) is 20.7 Å². The Hall–Kier alpha value is -1.52. The highest BCUT2D eigenvalue weighted by atomic mass is 127. The maximum absolute atomic E-state index is 5.99. The third-order valence-electron chi connectivity index (χ3n) is 5.54. The molecule has 1 unspecified atom stereocenters. The Morgan fingerprint density at radius 3 is 3.12 bits per heavy atom. The molecule has 1 aromatic carbocycles. The zero-order chi connectivity index (χ0) is 22.2. The van der Waals surface area contributed by atoms with Crippen LogP contribution in [0.1, 0.15) is 42.7 Å². The van der Waals surface area contributed by atoms with Crippen molar-refractivity contribution in [1.29, 1.82) is 0 Å². The SMILES string of the molecule is C=C1SCCc2nn(CC3=IC(C)C=C(c4ccc5c(c4)CCCO5)S3)c(N=C(C)N)c21. The van der Waals surface area contributed by atoms with Crippen LogP contribution in [0.4, 0.5) is 5.82 Å². The largest absolute Gasteiger partial charge is 0.493 e. The van der Waals surface area contributed by atoms with E-state index < -0.39 is 0 Å². The summed E-state index contributed by atoms with van der Waals surface area (Å²) in [5.41, 5.74) is 10.8. The van der Waals surface area contributed by atoms with Crippen LogP contribution < -0.4 is 10.5 Å². The molecule has 168 valence electrons. The number of fused-ring (bicyclic) bond motifs is 2. The third kappa shape index (κ3) is 4.59. The molecular weight excluding hydrogens is 551 g/mol. The average molecular weight is 579 g/mol. The summed E-state index contributed by atoms with van der Waals surface area (Å²) in [7, 11) is 0. The lowest BCUT2D eigenvalue weighted by atomic mass is 10.0. The van der Waals surface area contributed by atoms with Gasteiger partial charge in [-0.15, -0.1) is 32.5 Å². The van der Waals surface area contributed by atoms with Gasteiger partial charge in [-0.1, -0.05) is 37.4 Å². The summed E-state index contributed by atoms with van der Waals surface area (Å²) >= 11 is 3.62. The molecule has 0 radical (unpaired) electrons. The lowest BCUT2D eigenvalue weighted by Crippen LogP contribution is -2.12. The molecule has 0 amide bonds. The maximum Gasteiger partial charge on any atom is 0.161 e. The van der Waals surface area contributed by atoms with E-state index in [9.17, 15) is 0 Å². The minimum Gasteiger partial charge on any atom is -0.493 e. The molecule has 32 heavy (non-hydrogen) atoms. The number of benzene rings is 1. The number of aromatic nitrogens is 2. The Morgan fingerprint density at radius 1 is 1.41 bits per heavy atom. The van der Waals surface area contributed by atoms with Crippen LogP contribution in [-0.2, 0) is 19.4 Å². The number of alkyl halides is 1. The Morgan fingerprint density at radius 2 is 2.28 bits per heavy atom. The molecule has 3 aliphatic heterocycles. The molecule has 0 aliphatic carbocycles. The second kappa shape index (κ2) is 9.38. The van der Waals surface area contributed by atoms with Crippen molar-refractivity contribution in [3.05, 3.63) is 53.2 Å². The number of rotatable bonds is 4. The molecule has 8 heteroatoms. The molecule has 5 rings (SSSR count). The summed E-state index contributed by atoms with van der Waals surface area (Å²) in [6, 6.07) is 6.67. The Kier molecular flexibility index (Phi) is 6.53. The van der Waals surface area contributed by atoms with Gasteiger partial charge in [-0.05, 0) is 43.0 Å². The maximum atomic E-state index is 5.99. The lowest BCUT2D eigenvalue weighted by molar-refractivity contribution is 0.288. The minimum atomic E-state index is -0.0978. The van der Waals surface area contributed by atoms with Gasteiger partial charge in [-0.3, -0.25) is 0 Å². The summed E-state index contributed by atoms with van der Waals surface area (Å²) < 4.78 is 9.97. The number of allylic oxidation sites excluding steroid dienone is 1. The molecule has 5 nitrogen and oxygen atoms in total. The van der Waals surface area contributed by atoms with Gasteiger partial charge in [0.05, 0.1) is 30.2 Å². The summed E-state index contributed by atoms with van der Waals surface area (Å²) in [5, 5.41) is 4.96. The fourth-order valence-corrected chi connectivity index (χ4v) is 10.5. The van der Waals surface area contributed by atoms with Crippen molar-refractivity contribution in [2.45, 2.75) is 43.6 Å². The number of thioether (sulfide) groups is 2. The molecule has 2 aromatic rings. The fourth-order valence-electron chi connectivity index (χ4n) is 4.16. The smallest absolute Gasteiger partial charge is 0.161 e. The number of hydrogen-bond acceptors (Lipinski definition) is 5. The first-order valence-electron chi connectivity index (χ1n) is 10.9. The Balaban J connectivity index is 1.43. The van der Waals surface area contributed by atoms with Gasteiger partial charge in [0.25, 0.3) is 0 Å². The number of nitrogens with zero attached hydrogens (tertiary/aromatic N) is 3. The second-order valence-electron chi connectivity index (χ2n) is 8.13. The molecule has 0 saturated carbocycles. The summed E-state index contributed by atoms with van der Waals surface area (Å²) in [6.45, 7) is 10.0. The van der Waals surface area contributed by atoms with Gasteiger partial charge in [0.15, 0.2) is 5.82 Å². The fraction of sp³-hybridized carbons (Fsp3) is 0.375. The van der Waals surface area contributed by atoms with Crippen LogP contribution >= 0.6 is 44.3 Å². The third-order valence-corrected chi connectivity index (χ3v) is 11.1. The number of amidine groups is 1. The molecule has 0 bridgehead atoms. The zero-order valence-electron chi connectivity index (χ0n) is 18.4. The van der Waals surface area contributed by atoms with E-state index in [0.29, 0.717) is 9.76 Å². The summed E-state index contributed by atoms with van der Waals surface area (Å²) in [6.07, 6.45) is 5.59.